The number of piperidine rings is 1. The highest BCUT2D eigenvalue weighted by Crippen LogP contribution is 2.30. The summed E-state index contributed by atoms with van der Waals surface area (Å²) in [6.45, 7) is 3.56. The highest BCUT2D eigenvalue weighted by molar-refractivity contribution is 5.42. The minimum Gasteiger partial charge on any atom is -0.371 e. The number of rotatable bonds is 1. The van der Waals surface area contributed by atoms with Crippen LogP contribution < -0.4 is 4.90 Å². The molecule has 4 heterocycles. The predicted octanol–water partition coefficient (Wildman–Crippen LogP) is 1.51. The first kappa shape index (κ1) is 9.09. The molecule has 0 saturated carbocycles. The molecule has 15 heavy (non-hydrogen) atoms. The summed E-state index contributed by atoms with van der Waals surface area (Å²) < 4.78 is 18.6. The molecule has 0 radical (unpaired) electrons. The maximum Gasteiger partial charge on any atom is 0.215 e. The van der Waals surface area contributed by atoms with Gasteiger partial charge >= 0.3 is 0 Å². The molecule has 3 aliphatic heterocycles. The van der Waals surface area contributed by atoms with Gasteiger partial charge in [0, 0.05) is 19.5 Å². The van der Waals surface area contributed by atoms with Crippen molar-refractivity contribution in [2.75, 3.05) is 18.0 Å². The number of morpholine rings is 1. The second-order valence-corrected chi connectivity index (χ2v) is 4.35. The van der Waals surface area contributed by atoms with Crippen molar-refractivity contribution in [3.05, 3.63) is 23.6 Å². The maximum absolute atomic E-state index is 13.1. The second-order valence-electron chi connectivity index (χ2n) is 4.35. The van der Waals surface area contributed by atoms with Crippen LogP contribution in [0.1, 0.15) is 12.0 Å². The van der Waals surface area contributed by atoms with Gasteiger partial charge in [-0.15, -0.1) is 0 Å². The fourth-order valence-corrected chi connectivity index (χ4v) is 2.31. The standard InChI is InChI=1S/C11H13FN2O/c1-7-2-10(12)13-11(3-7)14-5-8-4-9(6-14)15-8/h2-3,8-9H,4-6H2,1H3. The summed E-state index contributed by atoms with van der Waals surface area (Å²) in [6, 6.07) is 3.37. The SMILES string of the molecule is Cc1cc(F)nc(N2CC3CC(C2)O3)c1. The molecule has 0 aromatic carbocycles. The van der Waals surface area contributed by atoms with Crippen LogP contribution in [0.4, 0.5) is 10.2 Å². The monoisotopic (exact) mass is 208 g/mol. The van der Waals surface area contributed by atoms with Crippen molar-refractivity contribution in [1.82, 2.24) is 4.98 Å². The van der Waals surface area contributed by atoms with Crippen LogP contribution in [0.25, 0.3) is 0 Å². The molecule has 0 amide bonds. The van der Waals surface area contributed by atoms with Crippen molar-refractivity contribution >= 4 is 5.82 Å². The Bertz CT molecular complexity index is 360. The quantitative estimate of drug-likeness (QED) is 0.654. The van der Waals surface area contributed by atoms with Gasteiger partial charge in [-0.1, -0.05) is 0 Å². The highest BCUT2D eigenvalue weighted by atomic mass is 19.1. The summed E-state index contributed by atoms with van der Waals surface area (Å²) in [5, 5.41) is 0. The number of anilines is 1. The van der Waals surface area contributed by atoms with Crippen molar-refractivity contribution in [1.29, 1.82) is 0 Å². The zero-order chi connectivity index (χ0) is 10.4. The molecule has 2 unspecified atom stereocenters. The van der Waals surface area contributed by atoms with Crippen molar-refractivity contribution in [2.45, 2.75) is 25.6 Å². The Morgan fingerprint density at radius 3 is 2.67 bits per heavy atom. The number of hydrogen-bond donors (Lipinski definition) is 0. The van der Waals surface area contributed by atoms with E-state index in [4.69, 9.17) is 4.74 Å². The van der Waals surface area contributed by atoms with Gasteiger partial charge in [0.15, 0.2) is 0 Å². The first-order valence-corrected chi connectivity index (χ1v) is 5.25. The molecule has 4 rings (SSSR count). The summed E-state index contributed by atoms with van der Waals surface area (Å²) >= 11 is 0. The topological polar surface area (TPSA) is 25.4 Å². The Hall–Kier alpha value is -1.16. The lowest BCUT2D eigenvalue weighted by molar-refractivity contribution is -0.133. The van der Waals surface area contributed by atoms with Crippen LogP contribution in [-0.2, 0) is 4.74 Å². The van der Waals surface area contributed by atoms with E-state index in [1.807, 2.05) is 13.0 Å². The van der Waals surface area contributed by atoms with Gasteiger partial charge in [-0.05, 0) is 24.6 Å². The Morgan fingerprint density at radius 2 is 2.07 bits per heavy atom. The number of hydrogen-bond acceptors (Lipinski definition) is 3. The van der Waals surface area contributed by atoms with Gasteiger partial charge in [-0.3, -0.25) is 0 Å². The van der Waals surface area contributed by atoms with Crippen molar-refractivity contribution < 1.29 is 9.13 Å². The van der Waals surface area contributed by atoms with E-state index in [2.05, 4.69) is 9.88 Å². The number of halogens is 1. The van der Waals surface area contributed by atoms with Crippen LogP contribution in [-0.4, -0.2) is 30.3 Å². The average molecular weight is 208 g/mol. The molecule has 0 aliphatic carbocycles. The largest absolute Gasteiger partial charge is 0.371 e. The number of aryl methyl sites for hydroxylation is 1. The summed E-state index contributed by atoms with van der Waals surface area (Å²) in [7, 11) is 0. The lowest BCUT2D eigenvalue weighted by Crippen LogP contribution is -2.57. The molecule has 4 heteroatoms. The normalized spacial score (nSPS) is 28.8. The van der Waals surface area contributed by atoms with Crippen molar-refractivity contribution in [3.8, 4) is 0 Å². The Morgan fingerprint density at radius 1 is 1.40 bits per heavy atom. The molecule has 0 N–H and O–H groups in total. The van der Waals surface area contributed by atoms with Crippen LogP contribution in [0.15, 0.2) is 12.1 Å². The van der Waals surface area contributed by atoms with E-state index in [-0.39, 0.29) is 0 Å². The molecule has 80 valence electrons. The molecule has 1 aromatic heterocycles. The highest BCUT2D eigenvalue weighted by Gasteiger charge is 2.38. The zero-order valence-electron chi connectivity index (χ0n) is 8.61. The number of nitrogens with zero attached hydrogens (tertiary/aromatic N) is 2. The number of pyridine rings is 1. The fraction of sp³-hybridized carbons (Fsp3) is 0.545. The smallest absolute Gasteiger partial charge is 0.215 e. The Kier molecular flexibility index (Phi) is 1.92. The molecule has 0 spiro atoms. The zero-order valence-corrected chi connectivity index (χ0v) is 8.61. The number of fused-ring (bicyclic) bond motifs is 2. The van der Waals surface area contributed by atoms with Crippen LogP contribution in [0.5, 0.6) is 0 Å². The molecular weight excluding hydrogens is 195 g/mol. The van der Waals surface area contributed by atoms with Gasteiger partial charge < -0.3 is 9.64 Å². The lowest BCUT2D eigenvalue weighted by Gasteiger charge is -2.47. The van der Waals surface area contributed by atoms with E-state index in [0.717, 1.165) is 30.9 Å². The Labute approximate surface area is 87.9 Å². The Balaban J connectivity index is 1.86. The van der Waals surface area contributed by atoms with Gasteiger partial charge in [-0.2, -0.15) is 4.39 Å². The lowest BCUT2D eigenvalue weighted by atomic mass is 9.99. The summed E-state index contributed by atoms with van der Waals surface area (Å²) in [6.07, 6.45) is 1.80. The minimum atomic E-state index is -0.398. The molecule has 2 atom stereocenters. The third-order valence-electron chi connectivity index (χ3n) is 3.01. The second kappa shape index (κ2) is 3.17. The molecule has 3 fully saturated rings. The van der Waals surface area contributed by atoms with Gasteiger partial charge in [0.05, 0.1) is 12.2 Å². The molecule has 2 bridgehead atoms. The van der Waals surface area contributed by atoms with Crippen molar-refractivity contribution in [2.24, 2.45) is 0 Å². The molecular formula is C11H13FN2O. The number of ether oxygens (including phenoxy) is 1. The molecule has 1 aromatic rings. The van der Waals surface area contributed by atoms with Crippen molar-refractivity contribution in [3.63, 3.8) is 0 Å². The van der Waals surface area contributed by atoms with E-state index in [9.17, 15) is 4.39 Å². The number of aromatic nitrogens is 1. The van der Waals surface area contributed by atoms with Gasteiger partial charge in [0.2, 0.25) is 5.95 Å². The van der Waals surface area contributed by atoms with Gasteiger partial charge in [-0.25, -0.2) is 4.98 Å². The van der Waals surface area contributed by atoms with Gasteiger partial charge in [0.1, 0.15) is 5.82 Å². The predicted molar refractivity (Wildman–Crippen MR) is 54.4 cm³/mol. The van der Waals surface area contributed by atoms with E-state index in [1.165, 1.54) is 6.07 Å². The molecule has 3 nitrogen and oxygen atoms in total. The first-order chi connectivity index (χ1) is 7.20. The fourth-order valence-electron chi connectivity index (χ4n) is 2.31. The van der Waals surface area contributed by atoms with Crippen LogP contribution in [0, 0.1) is 12.9 Å². The van der Waals surface area contributed by atoms with E-state index in [0.29, 0.717) is 12.2 Å². The van der Waals surface area contributed by atoms with Gasteiger partial charge in [0.25, 0.3) is 0 Å². The third kappa shape index (κ3) is 1.59. The summed E-state index contributed by atoms with van der Waals surface area (Å²) in [5.41, 5.74) is 0.915. The van der Waals surface area contributed by atoms with Crippen LogP contribution in [0.3, 0.4) is 0 Å². The average Bonchev–Trinajstić information content (AvgIpc) is 2.15. The summed E-state index contributed by atoms with van der Waals surface area (Å²) in [5.74, 6) is 0.343. The minimum absolute atomic E-state index is 0.328. The van der Waals surface area contributed by atoms with E-state index >= 15 is 0 Å². The molecule has 3 saturated heterocycles. The third-order valence-corrected chi connectivity index (χ3v) is 3.01. The van der Waals surface area contributed by atoms with E-state index < -0.39 is 5.95 Å². The summed E-state index contributed by atoms with van der Waals surface area (Å²) in [4.78, 5) is 6.03. The molecule has 3 aliphatic rings. The maximum atomic E-state index is 13.1. The first-order valence-electron chi connectivity index (χ1n) is 5.25. The van der Waals surface area contributed by atoms with E-state index in [1.54, 1.807) is 0 Å². The van der Waals surface area contributed by atoms with Crippen LogP contribution in [0.2, 0.25) is 0 Å². The van der Waals surface area contributed by atoms with Crippen LogP contribution >= 0.6 is 0 Å².